The first kappa shape index (κ1) is 33.6. The minimum absolute atomic E-state index is 0.0861. The molecule has 7 rings (SSSR count). The third kappa shape index (κ3) is 7.40. The van der Waals surface area contributed by atoms with Crippen molar-refractivity contribution in [2.45, 2.75) is 115 Å². The number of halogens is 1. The number of hydrogen-bond acceptors (Lipinski definition) is 8. The molecule has 46 heavy (non-hydrogen) atoms. The Balaban J connectivity index is 1.03. The van der Waals surface area contributed by atoms with Gasteiger partial charge in [-0.25, -0.2) is 4.98 Å². The Bertz CT molecular complexity index is 1380. The molecule has 1 aromatic carbocycles. The molecule has 11 heteroatoms. The summed E-state index contributed by atoms with van der Waals surface area (Å²) in [6.07, 6.45) is 12.8. The maximum atomic E-state index is 11.9. The first-order chi connectivity index (χ1) is 21.8. The Labute approximate surface area is 280 Å². The van der Waals surface area contributed by atoms with Crippen LogP contribution in [0.3, 0.4) is 0 Å². The maximum absolute atomic E-state index is 11.9. The Morgan fingerprint density at radius 2 is 1.76 bits per heavy atom. The van der Waals surface area contributed by atoms with Crippen LogP contribution >= 0.6 is 11.6 Å². The lowest BCUT2D eigenvalue weighted by atomic mass is 9.48. The lowest BCUT2D eigenvalue weighted by Gasteiger charge is -2.60. The highest BCUT2D eigenvalue weighted by atomic mass is 35.5. The van der Waals surface area contributed by atoms with E-state index in [1.807, 2.05) is 24.3 Å². The van der Waals surface area contributed by atoms with Crippen molar-refractivity contribution in [3.8, 4) is 0 Å². The fourth-order valence-corrected chi connectivity index (χ4v) is 10.5. The van der Waals surface area contributed by atoms with Gasteiger partial charge in [-0.15, -0.1) is 0 Å². The first-order valence-electron chi connectivity index (χ1n) is 17.4. The minimum Gasteiger partial charge on any atom is -0.414 e. The number of rotatable bonds is 12. The van der Waals surface area contributed by atoms with Crippen molar-refractivity contribution in [2.75, 3.05) is 23.7 Å². The predicted octanol–water partition coefficient (Wildman–Crippen LogP) is 8.43. The monoisotopic (exact) mass is 668 g/mol. The molecule has 4 bridgehead atoms. The van der Waals surface area contributed by atoms with Crippen LogP contribution in [-0.2, 0) is 11.0 Å². The van der Waals surface area contributed by atoms with Gasteiger partial charge >= 0.3 is 5.69 Å². The molecule has 0 radical (unpaired) electrons. The van der Waals surface area contributed by atoms with E-state index in [1.54, 1.807) is 0 Å². The van der Waals surface area contributed by atoms with Gasteiger partial charge in [-0.05, 0) is 123 Å². The second kappa shape index (κ2) is 13.3. The third-order valence-electron chi connectivity index (χ3n) is 12.1. The zero-order chi connectivity index (χ0) is 32.7. The van der Waals surface area contributed by atoms with Crippen molar-refractivity contribution in [3.63, 3.8) is 0 Å². The smallest absolute Gasteiger partial charge is 0.329 e. The zero-order valence-electron chi connectivity index (χ0n) is 28.3. The second-order valence-corrected chi connectivity index (χ2v) is 21.6. The van der Waals surface area contributed by atoms with E-state index in [0.717, 1.165) is 23.9 Å². The van der Waals surface area contributed by atoms with Gasteiger partial charge in [0.05, 0.1) is 4.92 Å². The van der Waals surface area contributed by atoms with E-state index in [-0.39, 0.29) is 16.1 Å². The molecule has 5 atom stereocenters. The summed E-state index contributed by atoms with van der Waals surface area (Å²) in [5, 5.41) is 23.5. The highest BCUT2D eigenvalue weighted by Gasteiger charge is 2.55. The van der Waals surface area contributed by atoms with Gasteiger partial charge in [0.15, 0.2) is 8.32 Å². The summed E-state index contributed by atoms with van der Waals surface area (Å²) in [4.78, 5) is 20.3. The first-order valence-corrected chi connectivity index (χ1v) is 20.7. The molecule has 3 unspecified atom stereocenters. The molecular formula is C35H53ClN6O3Si. The number of nitrogens with zero attached hydrogens (tertiary/aromatic N) is 3. The summed E-state index contributed by atoms with van der Waals surface area (Å²) < 4.78 is 6.75. The Morgan fingerprint density at radius 1 is 1.07 bits per heavy atom. The lowest BCUT2D eigenvalue weighted by molar-refractivity contribution is -0.384. The Morgan fingerprint density at radius 3 is 2.41 bits per heavy atom. The summed E-state index contributed by atoms with van der Waals surface area (Å²) >= 11 is 6.30. The van der Waals surface area contributed by atoms with Crippen molar-refractivity contribution in [3.05, 3.63) is 51.2 Å². The SMILES string of the molecule is CC(C)(C)[Si](C)(C)OC1CCC(CNC2[C@@H]3CC4C[C@H]2CC(CNc2nc(NCc5ccccc5Cl)ncc2[N+](=O)[O-])(C4)C3)CC1. The van der Waals surface area contributed by atoms with Crippen molar-refractivity contribution < 1.29 is 9.35 Å². The van der Waals surface area contributed by atoms with Gasteiger partial charge < -0.3 is 20.4 Å². The van der Waals surface area contributed by atoms with Crippen LogP contribution in [0.15, 0.2) is 30.5 Å². The molecule has 5 fully saturated rings. The normalized spacial score (nSPS) is 30.7. The number of nitrogens with one attached hydrogen (secondary N) is 3. The van der Waals surface area contributed by atoms with Crippen LogP contribution in [0.1, 0.15) is 84.1 Å². The van der Waals surface area contributed by atoms with E-state index in [9.17, 15) is 10.1 Å². The predicted molar refractivity (Wildman–Crippen MR) is 188 cm³/mol. The molecule has 2 aromatic rings. The van der Waals surface area contributed by atoms with E-state index >= 15 is 0 Å². The summed E-state index contributed by atoms with van der Waals surface area (Å²) in [6.45, 7) is 14.0. The molecule has 0 saturated heterocycles. The van der Waals surface area contributed by atoms with Crippen LogP contribution in [0.25, 0.3) is 0 Å². The molecule has 252 valence electrons. The van der Waals surface area contributed by atoms with Crippen molar-refractivity contribution >= 4 is 37.4 Å². The molecule has 1 aromatic heterocycles. The van der Waals surface area contributed by atoms with Gasteiger partial charge in [0.1, 0.15) is 6.20 Å². The highest BCUT2D eigenvalue weighted by molar-refractivity contribution is 6.74. The van der Waals surface area contributed by atoms with Gasteiger partial charge in [-0.1, -0.05) is 50.6 Å². The van der Waals surface area contributed by atoms with E-state index in [2.05, 4.69) is 59.8 Å². The molecule has 5 aliphatic carbocycles. The molecular weight excluding hydrogens is 616 g/mol. The average molecular weight is 669 g/mol. The number of aromatic nitrogens is 2. The topological polar surface area (TPSA) is 114 Å². The van der Waals surface area contributed by atoms with Crippen LogP contribution in [0.5, 0.6) is 0 Å². The molecule has 5 saturated carbocycles. The van der Waals surface area contributed by atoms with Crippen molar-refractivity contribution in [1.82, 2.24) is 15.3 Å². The lowest BCUT2D eigenvalue weighted by Crippen LogP contribution is -2.60. The third-order valence-corrected chi connectivity index (χ3v) is 17.0. The van der Waals surface area contributed by atoms with Crippen LogP contribution in [-0.4, -0.2) is 48.4 Å². The zero-order valence-corrected chi connectivity index (χ0v) is 30.0. The van der Waals surface area contributed by atoms with Gasteiger partial charge in [-0.3, -0.25) is 10.1 Å². The molecule has 0 aliphatic heterocycles. The average Bonchev–Trinajstić information content (AvgIpc) is 2.99. The second-order valence-electron chi connectivity index (χ2n) is 16.4. The molecule has 3 N–H and O–H groups in total. The maximum Gasteiger partial charge on any atom is 0.329 e. The molecule has 9 nitrogen and oxygen atoms in total. The summed E-state index contributed by atoms with van der Waals surface area (Å²) in [5.41, 5.74) is 0.996. The van der Waals surface area contributed by atoms with E-state index in [1.165, 1.54) is 64.0 Å². The molecule has 0 spiro atoms. The van der Waals surface area contributed by atoms with E-state index < -0.39 is 13.2 Å². The Hall–Kier alpha value is -2.27. The van der Waals surface area contributed by atoms with E-state index in [0.29, 0.717) is 53.9 Å². The number of nitro groups is 1. The fourth-order valence-electron chi connectivity index (χ4n) is 8.90. The van der Waals surface area contributed by atoms with Gasteiger partial charge in [-0.2, -0.15) is 4.98 Å². The van der Waals surface area contributed by atoms with Crippen molar-refractivity contribution in [2.24, 2.45) is 29.1 Å². The van der Waals surface area contributed by atoms with Gasteiger partial charge in [0.2, 0.25) is 11.8 Å². The minimum atomic E-state index is -1.71. The van der Waals surface area contributed by atoms with Crippen LogP contribution in [0.4, 0.5) is 17.5 Å². The summed E-state index contributed by atoms with van der Waals surface area (Å²) in [6, 6.07) is 8.18. The number of hydrogen-bond donors (Lipinski definition) is 3. The molecule has 0 amide bonds. The van der Waals surface area contributed by atoms with E-state index in [4.69, 9.17) is 16.0 Å². The summed E-state index contributed by atoms with van der Waals surface area (Å²) in [7, 11) is -1.71. The highest BCUT2D eigenvalue weighted by Crippen LogP contribution is 2.60. The molecule has 1 heterocycles. The van der Waals surface area contributed by atoms with Crippen molar-refractivity contribution in [1.29, 1.82) is 0 Å². The Kier molecular flexibility index (Phi) is 9.74. The van der Waals surface area contributed by atoms with Crippen LogP contribution in [0.2, 0.25) is 23.2 Å². The largest absolute Gasteiger partial charge is 0.414 e. The number of anilines is 2. The van der Waals surface area contributed by atoms with Crippen LogP contribution < -0.4 is 16.0 Å². The quantitative estimate of drug-likeness (QED) is 0.117. The fraction of sp³-hybridized carbons (Fsp3) is 0.714. The number of benzene rings is 1. The van der Waals surface area contributed by atoms with Crippen LogP contribution in [0, 0.1) is 39.2 Å². The standard InChI is InChI=1S/C35H53ClN6O3Si/c1-34(2,3)46(4,5)45-28-12-10-23(11-13-28)19-37-31-26-14-24-15-27(31)18-35(16-24,17-26)22-40-32-30(42(43)44)21-39-33(41-32)38-20-25-8-6-7-9-29(25)36/h6-9,21,23-24,26-28,31,37H,10-20,22H2,1-5H3,(H2,38,39,40,41)/t23?,24?,26-,27+,28?,31?,35?. The van der Waals surface area contributed by atoms with Gasteiger partial charge in [0.25, 0.3) is 0 Å². The van der Waals surface area contributed by atoms with Gasteiger partial charge in [0, 0.05) is 30.3 Å². The molecule has 5 aliphatic rings. The summed E-state index contributed by atoms with van der Waals surface area (Å²) in [5.74, 6) is 3.50.